The Morgan fingerprint density at radius 1 is 0.725 bits per heavy atom. The predicted molar refractivity (Wildman–Crippen MR) is 156 cm³/mol. The lowest BCUT2D eigenvalue weighted by molar-refractivity contribution is 0.0313. The van der Waals surface area contributed by atoms with Crippen LogP contribution in [0.15, 0.2) is 60.7 Å². The number of hydrogen-bond donors (Lipinski definition) is 4. The molecule has 9 heteroatoms. The molecule has 0 fully saturated rings. The molecule has 0 saturated heterocycles. The van der Waals surface area contributed by atoms with Crippen molar-refractivity contribution in [2.24, 2.45) is 0 Å². The number of methoxy groups -OCH3 is 1. The summed E-state index contributed by atoms with van der Waals surface area (Å²) in [5.41, 5.74) is 0.712. The molecule has 0 aromatic heterocycles. The van der Waals surface area contributed by atoms with Gasteiger partial charge in [-0.15, -0.1) is 0 Å². The van der Waals surface area contributed by atoms with Crippen molar-refractivity contribution >= 4 is 12.2 Å². The first-order valence-corrected chi connectivity index (χ1v) is 13.7. The van der Waals surface area contributed by atoms with Crippen LogP contribution in [-0.4, -0.2) is 73.0 Å². The summed E-state index contributed by atoms with van der Waals surface area (Å²) in [6.45, 7) is 11.3. The number of hydrogen-bond acceptors (Lipinski definition) is 7. The Morgan fingerprint density at radius 2 is 1.15 bits per heavy atom. The number of amides is 2. The van der Waals surface area contributed by atoms with E-state index in [0.717, 1.165) is 11.1 Å². The van der Waals surface area contributed by atoms with E-state index in [9.17, 15) is 14.7 Å². The van der Waals surface area contributed by atoms with Crippen molar-refractivity contribution in [3.8, 4) is 0 Å². The summed E-state index contributed by atoms with van der Waals surface area (Å²) in [7, 11) is 1.58. The Balaban J connectivity index is 2.08. The fourth-order valence-corrected chi connectivity index (χ4v) is 4.12. The molecular weight excluding hydrogens is 510 g/mol. The number of alkyl carbamates (subject to hydrolysis) is 2. The molecule has 0 radical (unpaired) electrons. The minimum Gasteiger partial charge on any atom is -0.444 e. The molecule has 4 N–H and O–H groups in total. The van der Waals surface area contributed by atoms with Gasteiger partial charge in [0.25, 0.3) is 0 Å². The first kappa shape index (κ1) is 33.1. The molecule has 222 valence electrons. The second-order valence-electron chi connectivity index (χ2n) is 11.9. The maximum absolute atomic E-state index is 12.6. The topological polar surface area (TPSA) is 118 Å². The highest BCUT2D eigenvalue weighted by Crippen LogP contribution is 2.13. The minimum atomic E-state index is -0.920. The van der Waals surface area contributed by atoms with Gasteiger partial charge in [-0.3, -0.25) is 0 Å². The monoisotopic (exact) mass is 557 g/mol. The number of benzene rings is 2. The van der Waals surface area contributed by atoms with Crippen LogP contribution in [-0.2, 0) is 27.1 Å². The van der Waals surface area contributed by atoms with Crippen molar-refractivity contribution in [3.63, 3.8) is 0 Å². The number of aliphatic hydroxyl groups is 1. The lowest BCUT2D eigenvalue weighted by Crippen LogP contribution is -2.53. The van der Waals surface area contributed by atoms with Gasteiger partial charge in [-0.25, -0.2) is 9.59 Å². The SMILES string of the molecule is CO[C@H](CNC[C@@H](O)[C@H](Cc1ccccc1)NC(=O)OC(C)(C)C)[C@H](Cc1ccccc1)NC(=O)OC(C)(C)C. The Labute approximate surface area is 239 Å². The average Bonchev–Trinajstić information content (AvgIpc) is 2.85. The van der Waals surface area contributed by atoms with Crippen molar-refractivity contribution in [3.05, 3.63) is 71.8 Å². The second-order valence-corrected chi connectivity index (χ2v) is 11.9. The number of rotatable bonds is 13. The molecular formula is C31H47N3O6. The summed E-state index contributed by atoms with van der Waals surface area (Å²) in [4.78, 5) is 25.1. The van der Waals surface area contributed by atoms with Gasteiger partial charge in [0, 0.05) is 20.2 Å². The minimum absolute atomic E-state index is 0.178. The number of aliphatic hydroxyl groups excluding tert-OH is 1. The molecule has 0 heterocycles. The maximum Gasteiger partial charge on any atom is 0.407 e. The molecule has 0 bridgehead atoms. The van der Waals surface area contributed by atoms with Crippen LogP contribution in [0.1, 0.15) is 52.7 Å². The van der Waals surface area contributed by atoms with E-state index in [2.05, 4.69) is 16.0 Å². The standard InChI is InChI=1S/C31H47N3O6/c1-30(2,3)39-28(36)33-24(18-22-14-10-8-11-15-22)26(35)20-32-21-27(38-7)25(19-23-16-12-9-13-17-23)34-29(37)40-31(4,5)6/h8-17,24-27,32,35H,18-21H2,1-7H3,(H,33,36)(H,34,37)/t24-,25-,26+,27+/m0/s1. The van der Waals surface area contributed by atoms with Crippen LogP contribution in [0, 0.1) is 0 Å². The summed E-state index contributed by atoms with van der Waals surface area (Å²) in [5.74, 6) is 0. The van der Waals surface area contributed by atoms with Crippen LogP contribution in [0.5, 0.6) is 0 Å². The van der Waals surface area contributed by atoms with E-state index in [4.69, 9.17) is 14.2 Å². The van der Waals surface area contributed by atoms with Gasteiger partial charge in [0.2, 0.25) is 0 Å². The van der Waals surface area contributed by atoms with Crippen molar-refractivity contribution in [2.45, 2.75) is 89.9 Å². The molecule has 9 nitrogen and oxygen atoms in total. The van der Waals surface area contributed by atoms with Gasteiger partial charge < -0.3 is 35.3 Å². The third kappa shape index (κ3) is 13.3. The number of carbonyl (C=O) groups excluding carboxylic acids is 2. The van der Waals surface area contributed by atoms with Crippen LogP contribution in [0.2, 0.25) is 0 Å². The zero-order valence-electron chi connectivity index (χ0n) is 24.9. The van der Waals surface area contributed by atoms with Crippen molar-refractivity contribution in [1.82, 2.24) is 16.0 Å². The van der Waals surface area contributed by atoms with Crippen LogP contribution in [0.4, 0.5) is 9.59 Å². The van der Waals surface area contributed by atoms with E-state index in [1.165, 1.54) is 0 Å². The Hall–Kier alpha value is -3.14. The third-order valence-corrected chi connectivity index (χ3v) is 5.92. The summed E-state index contributed by atoms with van der Waals surface area (Å²) >= 11 is 0. The zero-order valence-corrected chi connectivity index (χ0v) is 24.9. The number of ether oxygens (including phenoxy) is 3. The van der Waals surface area contributed by atoms with E-state index in [1.807, 2.05) is 81.4 Å². The molecule has 2 aromatic rings. The highest BCUT2D eigenvalue weighted by molar-refractivity contribution is 5.68. The van der Waals surface area contributed by atoms with Crippen LogP contribution in [0.3, 0.4) is 0 Å². The zero-order chi connectivity index (χ0) is 29.8. The third-order valence-electron chi connectivity index (χ3n) is 5.92. The highest BCUT2D eigenvalue weighted by Gasteiger charge is 2.28. The first-order chi connectivity index (χ1) is 18.8. The molecule has 4 atom stereocenters. The van der Waals surface area contributed by atoms with Gasteiger partial charge in [-0.2, -0.15) is 0 Å². The smallest absolute Gasteiger partial charge is 0.407 e. The summed E-state index contributed by atoms with van der Waals surface area (Å²) < 4.78 is 16.7. The molecule has 0 aliphatic carbocycles. The second kappa shape index (κ2) is 15.6. The van der Waals surface area contributed by atoms with Gasteiger partial charge in [0.1, 0.15) is 11.2 Å². The van der Waals surface area contributed by atoms with Crippen LogP contribution in [0.25, 0.3) is 0 Å². The van der Waals surface area contributed by atoms with Gasteiger partial charge >= 0.3 is 12.2 Å². The van der Waals surface area contributed by atoms with Gasteiger partial charge in [0.05, 0.1) is 24.3 Å². The van der Waals surface area contributed by atoms with E-state index in [1.54, 1.807) is 27.9 Å². The molecule has 2 rings (SSSR count). The molecule has 0 unspecified atom stereocenters. The first-order valence-electron chi connectivity index (χ1n) is 13.7. The Morgan fingerprint density at radius 3 is 1.57 bits per heavy atom. The van der Waals surface area contributed by atoms with Crippen molar-refractivity contribution in [1.29, 1.82) is 0 Å². The fraction of sp³-hybridized carbons (Fsp3) is 0.548. The van der Waals surface area contributed by atoms with E-state index in [-0.39, 0.29) is 6.54 Å². The lowest BCUT2D eigenvalue weighted by Gasteiger charge is -2.30. The normalized spacial score (nSPS) is 14.9. The molecule has 0 aliphatic rings. The molecule has 40 heavy (non-hydrogen) atoms. The largest absolute Gasteiger partial charge is 0.444 e. The Bertz CT molecular complexity index is 1020. The van der Waals surface area contributed by atoms with E-state index in [0.29, 0.717) is 19.4 Å². The molecule has 0 saturated carbocycles. The maximum atomic E-state index is 12.6. The molecule has 0 aliphatic heterocycles. The molecule has 2 aromatic carbocycles. The number of carbonyl (C=O) groups is 2. The van der Waals surface area contributed by atoms with Crippen molar-refractivity contribution in [2.75, 3.05) is 20.2 Å². The van der Waals surface area contributed by atoms with Gasteiger partial charge in [0.15, 0.2) is 0 Å². The van der Waals surface area contributed by atoms with Gasteiger partial charge in [-0.05, 0) is 65.5 Å². The summed E-state index contributed by atoms with van der Waals surface area (Å²) in [6, 6.07) is 18.5. The quantitative estimate of drug-likeness (QED) is 0.291. The van der Waals surface area contributed by atoms with Crippen LogP contribution < -0.4 is 16.0 Å². The average molecular weight is 558 g/mol. The molecule has 2 amide bonds. The highest BCUT2D eigenvalue weighted by atomic mass is 16.6. The van der Waals surface area contributed by atoms with E-state index >= 15 is 0 Å². The molecule has 0 spiro atoms. The summed E-state index contributed by atoms with van der Waals surface area (Å²) in [6.07, 6.45) is -1.51. The Kier molecular flexibility index (Phi) is 12.9. The lowest BCUT2D eigenvalue weighted by atomic mass is 10.00. The fourth-order valence-electron chi connectivity index (χ4n) is 4.12. The van der Waals surface area contributed by atoms with E-state index < -0.39 is 47.7 Å². The van der Waals surface area contributed by atoms with Crippen molar-refractivity contribution < 1.29 is 28.9 Å². The van der Waals surface area contributed by atoms with Crippen LogP contribution >= 0.6 is 0 Å². The summed E-state index contributed by atoms with van der Waals surface area (Å²) in [5, 5.41) is 20.1. The number of nitrogens with one attached hydrogen (secondary N) is 3. The van der Waals surface area contributed by atoms with Gasteiger partial charge in [-0.1, -0.05) is 60.7 Å². The predicted octanol–water partition coefficient (Wildman–Crippen LogP) is 4.22.